The van der Waals surface area contributed by atoms with Crippen molar-refractivity contribution in [1.82, 2.24) is 15.2 Å². The van der Waals surface area contributed by atoms with Crippen molar-refractivity contribution < 1.29 is 9.21 Å². The van der Waals surface area contributed by atoms with Crippen molar-refractivity contribution in [1.29, 1.82) is 0 Å². The molecule has 0 saturated carbocycles. The summed E-state index contributed by atoms with van der Waals surface area (Å²) < 4.78 is 6.33. The zero-order valence-corrected chi connectivity index (χ0v) is 20.2. The molecule has 6 nitrogen and oxygen atoms in total. The third-order valence-corrected chi connectivity index (χ3v) is 6.41. The van der Waals surface area contributed by atoms with E-state index in [-0.39, 0.29) is 24.4 Å². The predicted molar refractivity (Wildman–Crippen MR) is 141 cm³/mol. The summed E-state index contributed by atoms with van der Waals surface area (Å²) in [5.74, 6) is 1.49. The summed E-state index contributed by atoms with van der Waals surface area (Å²) in [6, 6.07) is 27.1. The summed E-state index contributed by atoms with van der Waals surface area (Å²) >= 11 is 5.71. The van der Waals surface area contributed by atoms with E-state index in [9.17, 15) is 4.79 Å². The van der Waals surface area contributed by atoms with Gasteiger partial charge in [0.15, 0.2) is 5.11 Å². The van der Waals surface area contributed by atoms with Crippen LogP contribution in [0.1, 0.15) is 35.5 Å². The van der Waals surface area contributed by atoms with Crippen LogP contribution < -0.4 is 10.6 Å². The van der Waals surface area contributed by atoms with E-state index in [2.05, 4.69) is 15.6 Å². The molecule has 7 heteroatoms. The molecule has 1 aliphatic heterocycles. The molecule has 176 valence electrons. The topological polar surface area (TPSA) is 70.4 Å². The second-order valence-corrected chi connectivity index (χ2v) is 8.94. The van der Waals surface area contributed by atoms with Crippen molar-refractivity contribution in [2.24, 2.45) is 0 Å². The number of aromatic nitrogens is 1. The maximum Gasteiger partial charge on any atom is 0.226 e. The largest absolute Gasteiger partial charge is 0.459 e. The molecule has 5 rings (SSSR count). The summed E-state index contributed by atoms with van der Waals surface area (Å²) in [7, 11) is 0. The number of nitrogens with zero attached hydrogens (tertiary/aromatic N) is 2. The third kappa shape index (κ3) is 5.10. The van der Waals surface area contributed by atoms with Crippen LogP contribution >= 0.6 is 12.2 Å². The van der Waals surface area contributed by atoms with Gasteiger partial charge in [0.25, 0.3) is 0 Å². The van der Waals surface area contributed by atoms with Gasteiger partial charge in [0.05, 0.1) is 11.7 Å². The third-order valence-electron chi connectivity index (χ3n) is 6.06. The van der Waals surface area contributed by atoms with Gasteiger partial charge in [-0.25, -0.2) is 0 Å². The van der Waals surface area contributed by atoms with E-state index in [0.717, 1.165) is 34.0 Å². The van der Waals surface area contributed by atoms with E-state index in [4.69, 9.17) is 16.6 Å². The van der Waals surface area contributed by atoms with E-state index in [1.54, 1.807) is 6.20 Å². The molecule has 2 aromatic carbocycles. The highest BCUT2D eigenvalue weighted by molar-refractivity contribution is 7.80. The molecule has 2 unspecified atom stereocenters. The number of hydrogen-bond acceptors (Lipinski definition) is 4. The first kappa shape index (κ1) is 22.8. The van der Waals surface area contributed by atoms with E-state index in [0.29, 0.717) is 11.7 Å². The highest BCUT2D eigenvalue weighted by Gasteiger charge is 2.41. The number of thiocarbonyl (C=S) groups is 1. The average molecular weight is 483 g/mol. The number of pyridine rings is 1. The lowest BCUT2D eigenvalue weighted by molar-refractivity contribution is -0.116. The molecule has 35 heavy (non-hydrogen) atoms. The fourth-order valence-electron chi connectivity index (χ4n) is 4.39. The van der Waals surface area contributed by atoms with Gasteiger partial charge in [-0.05, 0) is 61.1 Å². The van der Waals surface area contributed by atoms with Crippen molar-refractivity contribution >= 4 is 28.9 Å². The molecule has 2 N–H and O–H groups in total. The van der Waals surface area contributed by atoms with Crippen LogP contribution in [0.5, 0.6) is 0 Å². The minimum Gasteiger partial charge on any atom is -0.459 e. The fraction of sp³-hybridized carbons (Fsp3) is 0.179. The summed E-state index contributed by atoms with van der Waals surface area (Å²) in [6.07, 6.45) is 2.06. The molecule has 1 saturated heterocycles. The SMILES string of the molecule is Cc1cccc(NC(=O)CCN2C(=S)NC(c3ccccn3)C2c2ccc(-c3ccccc3)o2)c1. The Morgan fingerprint density at radius 1 is 1.06 bits per heavy atom. The maximum atomic E-state index is 12.7. The minimum absolute atomic E-state index is 0.0668. The number of hydrogen-bond donors (Lipinski definition) is 2. The number of rotatable bonds is 7. The normalized spacial score (nSPS) is 17.3. The van der Waals surface area contributed by atoms with Gasteiger partial charge in [-0.2, -0.15) is 0 Å². The quantitative estimate of drug-likeness (QED) is 0.332. The van der Waals surface area contributed by atoms with E-state index in [1.165, 1.54) is 0 Å². The van der Waals surface area contributed by atoms with Gasteiger partial charge in [0.1, 0.15) is 17.6 Å². The molecule has 0 spiro atoms. The number of benzene rings is 2. The summed E-state index contributed by atoms with van der Waals surface area (Å²) in [5, 5.41) is 6.96. The van der Waals surface area contributed by atoms with E-state index >= 15 is 0 Å². The Labute approximate surface area is 210 Å². The van der Waals surface area contributed by atoms with Gasteiger partial charge >= 0.3 is 0 Å². The molecule has 1 amide bonds. The molecule has 1 aliphatic rings. The Hall–Kier alpha value is -3.97. The Morgan fingerprint density at radius 3 is 2.66 bits per heavy atom. The lowest BCUT2D eigenvalue weighted by Gasteiger charge is -2.25. The molecule has 3 heterocycles. The van der Waals surface area contributed by atoms with Gasteiger partial charge in [-0.1, -0.05) is 48.5 Å². The summed E-state index contributed by atoms with van der Waals surface area (Å²) in [5.41, 5.74) is 3.76. The van der Waals surface area contributed by atoms with Crippen molar-refractivity contribution in [2.45, 2.75) is 25.4 Å². The van der Waals surface area contributed by atoms with Gasteiger partial charge in [-0.3, -0.25) is 9.78 Å². The lowest BCUT2D eigenvalue weighted by atomic mass is 10.0. The molecule has 0 bridgehead atoms. The summed E-state index contributed by atoms with van der Waals surface area (Å²) in [6.45, 7) is 2.44. The molecule has 0 aliphatic carbocycles. The van der Waals surface area contributed by atoms with Crippen LogP contribution in [-0.4, -0.2) is 27.4 Å². The van der Waals surface area contributed by atoms with Crippen LogP contribution in [-0.2, 0) is 4.79 Å². The zero-order chi connectivity index (χ0) is 24.2. The molecule has 1 fully saturated rings. The Morgan fingerprint density at radius 2 is 1.89 bits per heavy atom. The van der Waals surface area contributed by atoms with Gasteiger partial charge in [-0.15, -0.1) is 0 Å². The number of carbonyl (C=O) groups excluding carboxylic acids is 1. The zero-order valence-electron chi connectivity index (χ0n) is 19.3. The molecular formula is C28H26N4O2S. The highest BCUT2D eigenvalue weighted by Crippen LogP contribution is 2.40. The number of aryl methyl sites for hydroxylation is 1. The second-order valence-electron chi connectivity index (χ2n) is 8.56. The van der Waals surface area contributed by atoms with Crippen molar-refractivity contribution in [3.8, 4) is 11.3 Å². The molecule has 2 aromatic heterocycles. The van der Waals surface area contributed by atoms with Gasteiger partial charge in [0.2, 0.25) is 5.91 Å². The van der Waals surface area contributed by atoms with Crippen molar-refractivity contribution in [2.75, 3.05) is 11.9 Å². The average Bonchev–Trinajstić information content (AvgIpc) is 3.48. The van der Waals surface area contributed by atoms with Crippen LogP contribution in [0, 0.1) is 6.92 Å². The first-order chi connectivity index (χ1) is 17.1. The van der Waals surface area contributed by atoms with Crippen LogP contribution in [0.15, 0.2) is 95.5 Å². The molecular weight excluding hydrogens is 456 g/mol. The number of carbonyl (C=O) groups is 1. The number of furan rings is 1. The van der Waals surface area contributed by atoms with E-state index < -0.39 is 0 Å². The number of amides is 1. The maximum absolute atomic E-state index is 12.7. The molecule has 2 atom stereocenters. The standard InChI is InChI=1S/C28H26N4O2S/c1-19-8-7-11-21(18-19)30-25(33)15-17-32-27(26(31-28(32)35)22-12-5-6-16-29-22)24-14-13-23(34-24)20-9-3-2-4-10-20/h2-14,16,18,26-27H,15,17H2,1H3,(H,30,33)(H,31,35). The van der Waals surface area contributed by atoms with Crippen molar-refractivity contribution in [3.63, 3.8) is 0 Å². The van der Waals surface area contributed by atoms with Crippen molar-refractivity contribution in [3.05, 3.63) is 108 Å². The minimum atomic E-state index is -0.235. The Kier molecular flexibility index (Phi) is 6.59. The van der Waals surface area contributed by atoms with Crippen LogP contribution in [0.25, 0.3) is 11.3 Å². The van der Waals surface area contributed by atoms with Crippen LogP contribution in [0.3, 0.4) is 0 Å². The Balaban J connectivity index is 1.39. The highest BCUT2D eigenvalue weighted by atomic mass is 32.1. The van der Waals surface area contributed by atoms with Gasteiger partial charge < -0.3 is 20.0 Å². The molecule has 0 radical (unpaired) electrons. The number of anilines is 1. The van der Waals surface area contributed by atoms with E-state index in [1.807, 2.05) is 96.8 Å². The summed E-state index contributed by atoms with van der Waals surface area (Å²) in [4.78, 5) is 19.3. The first-order valence-electron chi connectivity index (χ1n) is 11.6. The van der Waals surface area contributed by atoms with Crippen LogP contribution in [0.4, 0.5) is 5.69 Å². The monoisotopic (exact) mass is 482 g/mol. The van der Waals surface area contributed by atoms with Gasteiger partial charge in [0, 0.05) is 30.4 Å². The second kappa shape index (κ2) is 10.1. The fourth-order valence-corrected chi connectivity index (χ4v) is 4.72. The smallest absolute Gasteiger partial charge is 0.226 e. The Bertz CT molecular complexity index is 1320. The predicted octanol–water partition coefficient (Wildman–Crippen LogP) is 5.65. The molecule has 4 aromatic rings. The number of nitrogens with one attached hydrogen (secondary N) is 2. The first-order valence-corrected chi connectivity index (χ1v) is 12.0. The van der Waals surface area contributed by atoms with Crippen LogP contribution in [0.2, 0.25) is 0 Å². The lowest BCUT2D eigenvalue weighted by Crippen LogP contribution is -2.32.